The molecule has 1 aromatic rings. The average Bonchev–Trinajstić information content (AvgIpc) is 2.14. The Bertz CT molecular complexity index is 388. The molecule has 0 unspecified atom stereocenters. The predicted molar refractivity (Wildman–Crippen MR) is 51.9 cm³/mol. The number of benzene rings is 1. The van der Waals surface area contributed by atoms with E-state index < -0.39 is 11.6 Å². The molecule has 0 heterocycles. The summed E-state index contributed by atoms with van der Waals surface area (Å²) >= 11 is 0. The van der Waals surface area contributed by atoms with Gasteiger partial charge in [-0.15, -0.1) is 0 Å². The minimum absolute atomic E-state index is 0.100. The van der Waals surface area contributed by atoms with E-state index in [0.717, 1.165) is 12.1 Å². The number of hydrogen-bond acceptors (Lipinski definition) is 1. The third kappa shape index (κ3) is 2.54. The molecule has 0 aromatic heterocycles. The van der Waals surface area contributed by atoms with Gasteiger partial charge in [0.15, 0.2) is 0 Å². The standard InChI is InChI=1S/C11H11F2N/c1-8-6-11(13)9(7-10(8)12)4-3-5-14-2/h6-7,14H,5H2,1-2H3. The Labute approximate surface area is 82.1 Å². The van der Waals surface area contributed by atoms with Gasteiger partial charge in [-0.3, -0.25) is 0 Å². The first-order chi connectivity index (χ1) is 6.65. The van der Waals surface area contributed by atoms with Crippen LogP contribution in [0.2, 0.25) is 0 Å². The molecule has 0 spiro atoms. The summed E-state index contributed by atoms with van der Waals surface area (Å²) in [5.41, 5.74) is 0.394. The number of rotatable bonds is 1. The van der Waals surface area contributed by atoms with E-state index in [2.05, 4.69) is 17.2 Å². The van der Waals surface area contributed by atoms with E-state index in [1.54, 1.807) is 7.05 Å². The van der Waals surface area contributed by atoms with E-state index in [0.29, 0.717) is 12.1 Å². The number of nitrogens with one attached hydrogen (secondary N) is 1. The third-order valence-electron chi connectivity index (χ3n) is 1.74. The molecule has 1 aromatic carbocycles. The molecule has 0 bridgehead atoms. The summed E-state index contributed by atoms with van der Waals surface area (Å²) in [7, 11) is 1.74. The van der Waals surface area contributed by atoms with Gasteiger partial charge in [-0.05, 0) is 31.7 Å². The number of hydrogen-bond donors (Lipinski definition) is 1. The third-order valence-corrected chi connectivity index (χ3v) is 1.74. The van der Waals surface area contributed by atoms with Crippen molar-refractivity contribution in [2.24, 2.45) is 0 Å². The van der Waals surface area contributed by atoms with Crippen LogP contribution in [0.1, 0.15) is 11.1 Å². The van der Waals surface area contributed by atoms with Crippen molar-refractivity contribution in [3.05, 3.63) is 34.9 Å². The summed E-state index contributed by atoms with van der Waals surface area (Å²) in [5.74, 6) is 4.32. The van der Waals surface area contributed by atoms with E-state index in [4.69, 9.17) is 0 Å². The van der Waals surface area contributed by atoms with Crippen molar-refractivity contribution < 1.29 is 8.78 Å². The van der Waals surface area contributed by atoms with Crippen molar-refractivity contribution in [2.45, 2.75) is 6.92 Å². The van der Waals surface area contributed by atoms with E-state index >= 15 is 0 Å². The maximum absolute atomic E-state index is 13.2. The van der Waals surface area contributed by atoms with Gasteiger partial charge in [0.1, 0.15) is 11.6 Å². The molecule has 14 heavy (non-hydrogen) atoms. The second-order valence-electron chi connectivity index (χ2n) is 2.91. The van der Waals surface area contributed by atoms with Crippen molar-refractivity contribution in [1.29, 1.82) is 0 Å². The van der Waals surface area contributed by atoms with Crippen LogP contribution in [-0.4, -0.2) is 13.6 Å². The molecule has 1 N–H and O–H groups in total. The first-order valence-corrected chi connectivity index (χ1v) is 4.24. The minimum Gasteiger partial charge on any atom is -0.309 e. The average molecular weight is 195 g/mol. The lowest BCUT2D eigenvalue weighted by Crippen LogP contribution is -2.04. The Hall–Kier alpha value is -1.40. The lowest BCUT2D eigenvalue weighted by atomic mass is 10.1. The molecule has 1 nitrogen and oxygen atoms in total. The second-order valence-corrected chi connectivity index (χ2v) is 2.91. The molecule has 0 fully saturated rings. The van der Waals surface area contributed by atoms with Gasteiger partial charge in [-0.25, -0.2) is 8.78 Å². The van der Waals surface area contributed by atoms with Gasteiger partial charge in [0.25, 0.3) is 0 Å². The summed E-state index contributed by atoms with van der Waals surface area (Å²) in [5, 5.41) is 2.79. The topological polar surface area (TPSA) is 12.0 Å². The minimum atomic E-state index is -0.479. The van der Waals surface area contributed by atoms with Gasteiger partial charge in [0.05, 0.1) is 12.1 Å². The van der Waals surface area contributed by atoms with Gasteiger partial charge >= 0.3 is 0 Å². The molecule has 0 amide bonds. The molecular weight excluding hydrogens is 184 g/mol. The summed E-state index contributed by atoms with van der Waals surface area (Å²) < 4.78 is 26.2. The van der Waals surface area contributed by atoms with Crippen LogP contribution in [0.5, 0.6) is 0 Å². The molecular formula is C11H11F2N. The normalized spacial score (nSPS) is 9.43. The van der Waals surface area contributed by atoms with Crippen molar-refractivity contribution in [3.63, 3.8) is 0 Å². The van der Waals surface area contributed by atoms with Crippen LogP contribution in [0.4, 0.5) is 8.78 Å². The highest BCUT2D eigenvalue weighted by molar-refractivity contribution is 5.38. The lowest BCUT2D eigenvalue weighted by Gasteiger charge is -1.98. The SMILES string of the molecule is CNCC#Cc1cc(F)c(C)cc1F. The molecule has 0 saturated heterocycles. The molecule has 0 saturated carbocycles. The van der Waals surface area contributed by atoms with Crippen molar-refractivity contribution in [2.75, 3.05) is 13.6 Å². The molecule has 0 atom stereocenters. The molecule has 1 rings (SSSR count). The van der Waals surface area contributed by atoms with Crippen LogP contribution >= 0.6 is 0 Å². The van der Waals surface area contributed by atoms with Crippen LogP contribution in [0.15, 0.2) is 12.1 Å². The zero-order chi connectivity index (χ0) is 10.6. The summed E-state index contributed by atoms with van der Waals surface area (Å²) in [6.07, 6.45) is 0. The highest BCUT2D eigenvalue weighted by Crippen LogP contribution is 2.12. The summed E-state index contributed by atoms with van der Waals surface area (Å²) in [4.78, 5) is 0. The predicted octanol–water partition coefficient (Wildman–Crippen LogP) is 1.84. The summed E-state index contributed by atoms with van der Waals surface area (Å²) in [6, 6.07) is 2.27. The molecule has 0 aliphatic heterocycles. The monoisotopic (exact) mass is 195 g/mol. The Morgan fingerprint density at radius 1 is 1.29 bits per heavy atom. The maximum atomic E-state index is 13.2. The Balaban J connectivity index is 3.00. The smallest absolute Gasteiger partial charge is 0.139 e. The fraction of sp³-hybridized carbons (Fsp3) is 0.273. The molecule has 0 aliphatic carbocycles. The van der Waals surface area contributed by atoms with Gasteiger partial charge in [0.2, 0.25) is 0 Å². The quantitative estimate of drug-likeness (QED) is 0.674. The van der Waals surface area contributed by atoms with Gasteiger partial charge in [-0.2, -0.15) is 0 Å². The van der Waals surface area contributed by atoms with Crippen LogP contribution in [0, 0.1) is 30.4 Å². The van der Waals surface area contributed by atoms with Crippen molar-refractivity contribution in [1.82, 2.24) is 5.32 Å². The van der Waals surface area contributed by atoms with Crippen LogP contribution in [-0.2, 0) is 0 Å². The number of halogens is 2. The fourth-order valence-corrected chi connectivity index (χ4v) is 0.970. The van der Waals surface area contributed by atoms with E-state index in [-0.39, 0.29) is 5.56 Å². The highest BCUT2D eigenvalue weighted by atomic mass is 19.1. The van der Waals surface area contributed by atoms with Gasteiger partial charge < -0.3 is 5.32 Å². The van der Waals surface area contributed by atoms with Crippen molar-refractivity contribution in [3.8, 4) is 11.8 Å². The summed E-state index contributed by atoms with van der Waals surface area (Å²) in [6.45, 7) is 1.97. The van der Waals surface area contributed by atoms with E-state index in [1.807, 2.05) is 0 Å². The Morgan fingerprint density at radius 3 is 2.64 bits per heavy atom. The van der Waals surface area contributed by atoms with Crippen LogP contribution in [0.25, 0.3) is 0 Å². The van der Waals surface area contributed by atoms with E-state index in [1.165, 1.54) is 6.92 Å². The van der Waals surface area contributed by atoms with Crippen LogP contribution in [0.3, 0.4) is 0 Å². The first-order valence-electron chi connectivity index (χ1n) is 4.24. The second kappa shape index (κ2) is 4.73. The van der Waals surface area contributed by atoms with Gasteiger partial charge in [-0.1, -0.05) is 11.8 Å². The molecule has 0 aliphatic rings. The number of aryl methyl sites for hydroxylation is 1. The zero-order valence-corrected chi connectivity index (χ0v) is 8.12. The lowest BCUT2D eigenvalue weighted by molar-refractivity contribution is 0.590. The van der Waals surface area contributed by atoms with Crippen LogP contribution < -0.4 is 5.32 Å². The highest BCUT2D eigenvalue weighted by Gasteiger charge is 2.04. The molecule has 74 valence electrons. The van der Waals surface area contributed by atoms with E-state index in [9.17, 15) is 8.78 Å². The first kappa shape index (κ1) is 10.7. The largest absolute Gasteiger partial charge is 0.309 e. The Morgan fingerprint density at radius 2 is 2.00 bits per heavy atom. The zero-order valence-electron chi connectivity index (χ0n) is 8.12. The van der Waals surface area contributed by atoms with Crippen molar-refractivity contribution >= 4 is 0 Å². The van der Waals surface area contributed by atoms with Gasteiger partial charge in [0, 0.05) is 0 Å². The fourth-order valence-electron chi connectivity index (χ4n) is 0.970. The molecule has 0 radical (unpaired) electrons. The Kier molecular flexibility index (Phi) is 3.61. The maximum Gasteiger partial charge on any atom is 0.139 e. The molecule has 3 heteroatoms.